The average Bonchev–Trinajstić information content (AvgIpc) is 3.42. The lowest BCUT2D eigenvalue weighted by atomic mass is 9.81. The lowest BCUT2D eigenvalue weighted by Crippen LogP contribution is -2.53. The fraction of sp³-hybridized carbons (Fsp3) is 0.467. The first kappa shape index (κ1) is 26.6. The molecule has 2 saturated heterocycles. The number of aromatic nitrogens is 1. The number of carbonyl (C=O) groups excluding carboxylic acids is 1. The van der Waals surface area contributed by atoms with Crippen LogP contribution >= 0.6 is 11.3 Å². The van der Waals surface area contributed by atoms with Crippen LogP contribution in [0.1, 0.15) is 48.5 Å². The molecule has 2 fully saturated rings. The monoisotopic (exact) mass is 537 g/mol. The molecule has 202 valence electrons. The average molecular weight is 538 g/mol. The summed E-state index contributed by atoms with van der Waals surface area (Å²) in [6, 6.07) is 14.4. The zero-order chi connectivity index (χ0) is 26.7. The smallest absolute Gasteiger partial charge is 0.411 e. The van der Waals surface area contributed by atoms with Gasteiger partial charge in [0, 0.05) is 44.4 Å². The quantitative estimate of drug-likeness (QED) is 0.324. The van der Waals surface area contributed by atoms with E-state index in [4.69, 9.17) is 9.47 Å². The van der Waals surface area contributed by atoms with Crippen molar-refractivity contribution >= 4 is 17.4 Å². The molecule has 0 N–H and O–H groups in total. The highest BCUT2D eigenvalue weighted by atomic mass is 32.1. The fourth-order valence-electron chi connectivity index (χ4n) is 5.41. The molecule has 0 bridgehead atoms. The molecule has 1 unspecified atom stereocenters. The minimum Gasteiger partial charge on any atom is -0.493 e. The molecule has 1 aromatic heterocycles. The summed E-state index contributed by atoms with van der Waals surface area (Å²) in [7, 11) is 0. The number of thiazole rings is 1. The molecule has 6 nitrogen and oxygen atoms in total. The molecule has 2 aliphatic heterocycles. The Balaban J connectivity index is 1.32. The number of piperidine rings is 1. The van der Waals surface area contributed by atoms with Gasteiger partial charge in [0.15, 0.2) is 0 Å². The summed E-state index contributed by atoms with van der Waals surface area (Å²) in [5, 5.41) is 3.20. The fourth-order valence-corrected chi connectivity index (χ4v) is 6.02. The highest BCUT2D eigenvalue weighted by molar-refractivity contribution is 7.09. The van der Waals surface area contributed by atoms with Gasteiger partial charge in [0.2, 0.25) is 0 Å². The van der Waals surface area contributed by atoms with Gasteiger partial charge in [-0.2, -0.15) is 0 Å². The van der Waals surface area contributed by atoms with Crippen LogP contribution in [0.3, 0.4) is 0 Å². The van der Waals surface area contributed by atoms with Gasteiger partial charge in [-0.15, -0.1) is 11.3 Å². The Bertz CT molecular complexity index is 1220. The van der Waals surface area contributed by atoms with E-state index < -0.39 is 5.60 Å². The maximum atomic E-state index is 13.6. The van der Waals surface area contributed by atoms with E-state index in [2.05, 4.69) is 29.1 Å². The van der Waals surface area contributed by atoms with Crippen LogP contribution in [0.2, 0.25) is 0 Å². The number of aryl methyl sites for hydroxylation is 1. The largest absolute Gasteiger partial charge is 0.493 e. The predicted octanol–water partition coefficient (Wildman–Crippen LogP) is 6.22. The van der Waals surface area contributed by atoms with Gasteiger partial charge in [-0.3, -0.25) is 9.80 Å². The molecule has 8 heteroatoms. The molecule has 38 heavy (non-hydrogen) atoms. The van der Waals surface area contributed by atoms with Gasteiger partial charge in [-0.1, -0.05) is 38.1 Å². The van der Waals surface area contributed by atoms with Crippen LogP contribution in [0.5, 0.6) is 5.75 Å². The van der Waals surface area contributed by atoms with Crippen LogP contribution in [0.15, 0.2) is 53.9 Å². The number of halogens is 1. The summed E-state index contributed by atoms with van der Waals surface area (Å²) in [6.45, 7) is 9.87. The summed E-state index contributed by atoms with van der Waals surface area (Å²) in [6.07, 6.45) is 1.85. The highest BCUT2D eigenvalue weighted by Crippen LogP contribution is 2.41. The van der Waals surface area contributed by atoms with E-state index >= 15 is 0 Å². The Morgan fingerprint density at radius 2 is 1.76 bits per heavy atom. The van der Waals surface area contributed by atoms with Crippen molar-refractivity contribution < 1.29 is 18.7 Å². The number of likely N-dealkylation sites (tertiary alicyclic amines) is 1. The van der Waals surface area contributed by atoms with Gasteiger partial charge >= 0.3 is 6.09 Å². The third-order valence-corrected chi connectivity index (χ3v) is 8.29. The molecule has 2 aromatic carbocycles. The van der Waals surface area contributed by atoms with E-state index in [9.17, 15) is 9.18 Å². The molecule has 3 aromatic rings. The third-order valence-electron chi connectivity index (χ3n) is 7.47. The molecule has 0 aliphatic carbocycles. The molecule has 1 spiro atoms. The molecule has 1 atom stereocenters. The van der Waals surface area contributed by atoms with Gasteiger partial charge in [0.1, 0.15) is 17.2 Å². The minimum atomic E-state index is -0.569. The standard InChI is InChI=1S/C30H36FN3O3S/c1-21(2)19-36-27-10-6-24(7-11-27)17-34-28(16-23-4-8-25(31)9-5-23)30(37-29(34)35)12-14-33(15-13-30)18-26-20-38-22(3)32-26/h4-11,20-21,28H,12-19H2,1-3H3. The lowest BCUT2D eigenvalue weighted by molar-refractivity contribution is -0.0236. The number of carbonyl (C=O) groups is 1. The topological polar surface area (TPSA) is 54.9 Å². The number of ether oxygens (including phenoxy) is 2. The second-order valence-electron chi connectivity index (χ2n) is 10.9. The zero-order valence-corrected chi connectivity index (χ0v) is 23.2. The van der Waals surface area contributed by atoms with E-state index in [1.165, 1.54) is 12.1 Å². The van der Waals surface area contributed by atoms with Gasteiger partial charge < -0.3 is 9.47 Å². The summed E-state index contributed by atoms with van der Waals surface area (Å²) in [4.78, 5) is 22.2. The van der Waals surface area contributed by atoms with Gasteiger partial charge in [-0.05, 0) is 54.7 Å². The number of amides is 1. The number of hydrogen-bond donors (Lipinski definition) is 0. The van der Waals surface area contributed by atoms with Crippen molar-refractivity contribution in [3.05, 3.63) is 81.6 Å². The maximum Gasteiger partial charge on any atom is 0.411 e. The van der Waals surface area contributed by atoms with E-state index in [0.717, 1.165) is 60.1 Å². The van der Waals surface area contributed by atoms with Crippen molar-refractivity contribution in [1.82, 2.24) is 14.8 Å². The van der Waals surface area contributed by atoms with Gasteiger partial charge in [-0.25, -0.2) is 14.2 Å². The van der Waals surface area contributed by atoms with Crippen molar-refractivity contribution in [3.63, 3.8) is 0 Å². The van der Waals surface area contributed by atoms with Crippen molar-refractivity contribution in [2.45, 2.75) is 64.8 Å². The second kappa shape index (κ2) is 11.4. The predicted molar refractivity (Wildman–Crippen MR) is 147 cm³/mol. The Kier molecular flexibility index (Phi) is 8.00. The summed E-state index contributed by atoms with van der Waals surface area (Å²) in [5.74, 6) is 1.02. The summed E-state index contributed by atoms with van der Waals surface area (Å²) in [5.41, 5.74) is 2.55. The van der Waals surface area contributed by atoms with Crippen molar-refractivity contribution in [2.24, 2.45) is 5.92 Å². The van der Waals surface area contributed by atoms with Gasteiger partial charge in [0.05, 0.1) is 23.4 Å². The molecule has 2 aliphatic rings. The molecule has 3 heterocycles. The first-order chi connectivity index (χ1) is 18.3. The molecule has 0 saturated carbocycles. The summed E-state index contributed by atoms with van der Waals surface area (Å²) >= 11 is 1.67. The Morgan fingerprint density at radius 3 is 2.39 bits per heavy atom. The normalized spacial score (nSPS) is 19.3. The van der Waals surface area contributed by atoms with Crippen LogP contribution in [-0.2, 0) is 24.2 Å². The molecule has 1 amide bonds. The number of benzene rings is 2. The maximum absolute atomic E-state index is 13.6. The van der Waals surface area contributed by atoms with E-state index in [-0.39, 0.29) is 18.0 Å². The number of rotatable bonds is 9. The number of hydrogen-bond acceptors (Lipinski definition) is 6. The van der Waals surface area contributed by atoms with E-state index in [0.29, 0.717) is 25.5 Å². The van der Waals surface area contributed by atoms with Gasteiger partial charge in [0.25, 0.3) is 0 Å². The van der Waals surface area contributed by atoms with Crippen LogP contribution < -0.4 is 4.74 Å². The van der Waals surface area contributed by atoms with Crippen molar-refractivity contribution in [1.29, 1.82) is 0 Å². The van der Waals surface area contributed by atoms with E-state index in [1.807, 2.05) is 48.2 Å². The van der Waals surface area contributed by atoms with Crippen LogP contribution in [0.25, 0.3) is 0 Å². The highest BCUT2D eigenvalue weighted by Gasteiger charge is 2.54. The van der Waals surface area contributed by atoms with Crippen LogP contribution in [0.4, 0.5) is 9.18 Å². The molecular formula is C30H36FN3O3S. The number of nitrogens with zero attached hydrogens (tertiary/aromatic N) is 3. The van der Waals surface area contributed by atoms with E-state index in [1.54, 1.807) is 11.3 Å². The van der Waals surface area contributed by atoms with Crippen molar-refractivity contribution in [3.8, 4) is 5.75 Å². The van der Waals surface area contributed by atoms with Crippen molar-refractivity contribution in [2.75, 3.05) is 19.7 Å². The third kappa shape index (κ3) is 6.18. The Hall–Kier alpha value is -2.97. The SMILES string of the molecule is Cc1nc(CN2CCC3(CC2)OC(=O)N(Cc2ccc(OCC(C)C)cc2)C3Cc2ccc(F)cc2)cs1. The van der Waals surface area contributed by atoms with Crippen LogP contribution in [0, 0.1) is 18.7 Å². The second-order valence-corrected chi connectivity index (χ2v) is 12.0. The molecule has 5 rings (SSSR count). The molecular weight excluding hydrogens is 501 g/mol. The minimum absolute atomic E-state index is 0.138. The summed E-state index contributed by atoms with van der Waals surface area (Å²) < 4.78 is 25.7. The zero-order valence-electron chi connectivity index (χ0n) is 22.4. The molecule has 0 radical (unpaired) electrons. The first-order valence-electron chi connectivity index (χ1n) is 13.4. The van der Waals surface area contributed by atoms with Crippen LogP contribution in [-0.4, -0.2) is 52.2 Å². The lowest BCUT2D eigenvalue weighted by Gasteiger charge is -2.41. The Morgan fingerprint density at radius 1 is 1.08 bits per heavy atom. The Labute approximate surface area is 228 Å². The first-order valence-corrected chi connectivity index (χ1v) is 14.3.